The van der Waals surface area contributed by atoms with Crippen molar-refractivity contribution in [2.45, 2.75) is 55.9 Å². The lowest BCUT2D eigenvalue weighted by atomic mass is 9.84. The topological polar surface area (TPSA) is 71.6 Å². The number of nitrogens with two attached hydrogens (primary N) is 1. The number of carbonyl (C=O) groups is 1. The number of aromatic nitrogens is 1. The van der Waals surface area contributed by atoms with Gasteiger partial charge in [-0.3, -0.25) is 14.8 Å². The Hall–Kier alpha value is -2.45. The zero-order valence-corrected chi connectivity index (χ0v) is 21.2. The van der Waals surface area contributed by atoms with E-state index in [4.69, 9.17) is 17.3 Å². The second kappa shape index (κ2) is 8.89. The van der Waals surface area contributed by atoms with Gasteiger partial charge in [-0.2, -0.15) is 0 Å². The van der Waals surface area contributed by atoms with Gasteiger partial charge in [0.15, 0.2) is 5.17 Å². The van der Waals surface area contributed by atoms with Crippen molar-refractivity contribution < 1.29 is 13.6 Å². The molecular formula is C26H27ClF2N4OS. The van der Waals surface area contributed by atoms with Crippen LogP contribution in [-0.2, 0) is 10.3 Å². The minimum absolute atomic E-state index is 0.0808. The van der Waals surface area contributed by atoms with Crippen LogP contribution < -0.4 is 5.73 Å². The van der Waals surface area contributed by atoms with E-state index in [1.165, 1.54) is 42.2 Å². The normalized spacial score (nSPS) is 30.1. The molecule has 2 aliphatic heterocycles. The minimum Gasteiger partial charge on any atom is -0.378 e. The number of fused-ring (bicyclic) bond motifs is 1. The lowest BCUT2D eigenvalue weighted by molar-refractivity contribution is -0.132. The van der Waals surface area contributed by atoms with Crippen LogP contribution >= 0.6 is 23.4 Å². The number of rotatable bonds is 5. The van der Waals surface area contributed by atoms with Gasteiger partial charge in [0.1, 0.15) is 16.4 Å². The molecule has 5 nitrogen and oxygen atoms in total. The predicted octanol–water partition coefficient (Wildman–Crippen LogP) is 5.78. The molecular weight excluding hydrogens is 490 g/mol. The van der Waals surface area contributed by atoms with Crippen LogP contribution in [0, 0.1) is 11.7 Å². The maximum atomic E-state index is 15.2. The Labute approximate surface area is 212 Å². The average Bonchev–Trinajstić information content (AvgIpc) is 3.39. The molecule has 0 spiro atoms. The molecule has 0 radical (unpaired) electrons. The predicted molar refractivity (Wildman–Crippen MR) is 137 cm³/mol. The molecule has 3 heterocycles. The first-order valence-electron chi connectivity index (χ1n) is 11.8. The van der Waals surface area contributed by atoms with Crippen molar-refractivity contribution in [2.24, 2.45) is 16.6 Å². The van der Waals surface area contributed by atoms with Crippen LogP contribution in [0.5, 0.6) is 0 Å². The quantitative estimate of drug-likeness (QED) is 0.547. The van der Waals surface area contributed by atoms with Gasteiger partial charge in [-0.25, -0.2) is 8.78 Å². The molecule has 1 saturated heterocycles. The molecule has 4 atom stereocenters. The average molecular weight is 517 g/mol. The van der Waals surface area contributed by atoms with Gasteiger partial charge in [0, 0.05) is 30.3 Å². The second-order valence-corrected chi connectivity index (χ2v) is 11.4. The van der Waals surface area contributed by atoms with Crippen molar-refractivity contribution in [1.29, 1.82) is 0 Å². The second-order valence-electron chi connectivity index (χ2n) is 9.64. The van der Waals surface area contributed by atoms with E-state index in [0.29, 0.717) is 22.6 Å². The first kappa shape index (κ1) is 24.3. The first-order valence-corrected chi connectivity index (χ1v) is 13.0. The highest BCUT2D eigenvalue weighted by atomic mass is 35.5. The summed E-state index contributed by atoms with van der Waals surface area (Å²) in [5.74, 6) is -1.15. The van der Waals surface area contributed by atoms with Crippen molar-refractivity contribution >= 4 is 46.3 Å². The molecule has 1 aliphatic carbocycles. The van der Waals surface area contributed by atoms with Gasteiger partial charge >= 0.3 is 0 Å². The van der Waals surface area contributed by atoms with Gasteiger partial charge in [-0.1, -0.05) is 36.4 Å². The number of aliphatic imine (C=N–C) groups is 1. The summed E-state index contributed by atoms with van der Waals surface area (Å²) < 4.78 is 29.3. The lowest BCUT2D eigenvalue weighted by Gasteiger charge is -2.36. The first-order chi connectivity index (χ1) is 16.7. The van der Waals surface area contributed by atoms with E-state index in [9.17, 15) is 9.18 Å². The molecule has 3 aliphatic rings. The number of benzene rings is 1. The van der Waals surface area contributed by atoms with Crippen LogP contribution in [0.1, 0.15) is 56.4 Å². The van der Waals surface area contributed by atoms with E-state index < -0.39 is 21.9 Å². The number of nitrogens with zero attached hydrogens (tertiary/aromatic N) is 3. The van der Waals surface area contributed by atoms with Crippen LogP contribution in [0.4, 0.5) is 8.78 Å². The van der Waals surface area contributed by atoms with Crippen LogP contribution in [0.2, 0.25) is 5.02 Å². The summed E-state index contributed by atoms with van der Waals surface area (Å²) in [6, 6.07) is 7.68. The zero-order chi connectivity index (χ0) is 25.0. The van der Waals surface area contributed by atoms with Crippen LogP contribution in [-0.4, -0.2) is 38.3 Å². The molecule has 9 heteroatoms. The molecule has 35 heavy (non-hydrogen) atoms. The van der Waals surface area contributed by atoms with Gasteiger partial charge in [0.05, 0.1) is 16.3 Å². The standard InChI is InChI=1S/C26H27ClF2N4OS/c1-3-17-5-4-10-33(17)23(34)26-13-22(26)25(2,32-24(30)35-26)18-11-15(6-8-19(18)28)12-20(29)21-9-7-16(27)14-31-21/h6-9,11-12,14,17,22H,3-5,10,13H2,1-2H3,(H2,30,32)/b20-12-/t17-,22+,25-,26+/m1/s1. The SMILES string of the molecule is CC[C@@H]1CCCN1C(=O)[C@]12C[C@H]1[C@@](C)(c1cc(/C=C(\F)c3ccc(Cl)cn3)ccc1F)N=C(N)S2. The molecule has 1 aromatic carbocycles. The monoisotopic (exact) mass is 516 g/mol. The molecule has 1 aromatic heterocycles. The van der Waals surface area contributed by atoms with E-state index in [1.807, 2.05) is 11.8 Å². The van der Waals surface area contributed by atoms with Crippen LogP contribution in [0.25, 0.3) is 11.9 Å². The smallest absolute Gasteiger partial charge is 0.239 e. The molecule has 0 unspecified atom stereocenters. The van der Waals surface area contributed by atoms with Crippen molar-refractivity contribution in [2.75, 3.05) is 6.54 Å². The van der Waals surface area contributed by atoms with Crippen molar-refractivity contribution in [3.05, 3.63) is 64.2 Å². The van der Waals surface area contributed by atoms with Crippen LogP contribution in [0.3, 0.4) is 0 Å². The number of hydrogen-bond donors (Lipinski definition) is 1. The molecule has 184 valence electrons. The maximum absolute atomic E-state index is 15.2. The largest absolute Gasteiger partial charge is 0.378 e. The highest BCUT2D eigenvalue weighted by molar-refractivity contribution is 8.15. The van der Waals surface area contributed by atoms with E-state index >= 15 is 4.39 Å². The summed E-state index contributed by atoms with van der Waals surface area (Å²) in [6.07, 6.45) is 6.15. The molecule has 2 aromatic rings. The molecule has 0 bridgehead atoms. The summed E-state index contributed by atoms with van der Waals surface area (Å²) in [5.41, 5.74) is 6.11. The summed E-state index contributed by atoms with van der Waals surface area (Å²) >= 11 is 7.15. The van der Waals surface area contributed by atoms with Gasteiger partial charge in [-0.15, -0.1) is 0 Å². The third kappa shape index (κ3) is 4.14. The summed E-state index contributed by atoms with van der Waals surface area (Å²) in [6.45, 7) is 4.66. The van der Waals surface area contributed by atoms with E-state index in [1.54, 1.807) is 12.1 Å². The number of thioether (sulfide) groups is 1. The highest BCUT2D eigenvalue weighted by Crippen LogP contribution is 2.66. The van der Waals surface area contributed by atoms with Crippen LogP contribution in [0.15, 0.2) is 41.5 Å². The maximum Gasteiger partial charge on any atom is 0.239 e. The van der Waals surface area contributed by atoms with E-state index in [0.717, 1.165) is 25.8 Å². The summed E-state index contributed by atoms with van der Waals surface area (Å²) in [7, 11) is 0. The molecule has 1 amide bonds. The van der Waals surface area contributed by atoms with Gasteiger partial charge in [0.2, 0.25) is 5.91 Å². The van der Waals surface area contributed by atoms with Gasteiger partial charge in [-0.05, 0) is 68.5 Å². The summed E-state index contributed by atoms with van der Waals surface area (Å²) in [5, 5.41) is 0.685. The third-order valence-corrected chi connectivity index (χ3v) is 9.00. The lowest BCUT2D eigenvalue weighted by Crippen LogP contribution is -2.47. The fourth-order valence-corrected chi connectivity index (χ4v) is 7.13. The number of amidine groups is 1. The van der Waals surface area contributed by atoms with Crippen molar-refractivity contribution in [1.82, 2.24) is 9.88 Å². The van der Waals surface area contributed by atoms with Gasteiger partial charge < -0.3 is 10.6 Å². The van der Waals surface area contributed by atoms with Crippen molar-refractivity contribution in [3.63, 3.8) is 0 Å². The number of pyridine rings is 1. The zero-order valence-electron chi connectivity index (χ0n) is 19.6. The Balaban J connectivity index is 1.49. The number of hydrogen-bond acceptors (Lipinski definition) is 5. The molecule has 5 rings (SSSR count). The number of halogens is 3. The molecule has 2 fully saturated rings. The Kier molecular flexibility index (Phi) is 6.16. The number of amides is 1. The summed E-state index contributed by atoms with van der Waals surface area (Å²) in [4.78, 5) is 24.3. The molecule has 2 N–H and O–H groups in total. The Morgan fingerprint density at radius 1 is 1.37 bits per heavy atom. The van der Waals surface area contributed by atoms with E-state index in [2.05, 4.69) is 16.9 Å². The Morgan fingerprint density at radius 3 is 2.89 bits per heavy atom. The van der Waals surface area contributed by atoms with Gasteiger partial charge in [0.25, 0.3) is 0 Å². The Morgan fingerprint density at radius 2 is 2.17 bits per heavy atom. The molecule has 1 saturated carbocycles. The number of carbonyl (C=O) groups excluding carboxylic acids is 1. The Bertz CT molecular complexity index is 1240. The van der Waals surface area contributed by atoms with E-state index in [-0.39, 0.29) is 28.7 Å². The third-order valence-electron chi connectivity index (χ3n) is 7.49. The van der Waals surface area contributed by atoms with Crippen molar-refractivity contribution in [3.8, 4) is 0 Å². The highest BCUT2D eigenvalue weighted by Gasteiger charge is 2.71. The fraction of sp³-hybridized carbons (Fsp3) is 0.423. The minimum atomic E-state index is -1.03. The number of likely N-dealkylation sites (tertiary alicyclic amines) is 1. The fourth-order valence-electron chi connectivity index (χ4n) is 5.58.